The summed E-state index contributed by atoms with van der Waals surface area (Å²) in [6.07, 6.45) is 2.37. The molecule has 0 spiro atoms. The van der Waals surface area contributed by atoms with Crippen LogP contribution in [0.2, 0.25) is 0 Å². The van der Waals surface area contributed by atoms with Crippen LogP contribution in [0.25, 0.3) is 0 Å². The summed E-state index contributed by atoms with van der Waals surface area (Å²) in [5.41, 5.74) is 0.0898. The number of hydrogen-bond acceptors (Lipinski definition) is 4. The number of sulfonamides is 1. The van der Waals surface area contributed by atoms with Crippen LogP contribution in [0.5, 0.6) is 0 Å². The number of rotatable bonds is 8. The Bertz CT molecular complexity index is 961. The van der Waals surface area contributed by atoms with E-state index in [9.17, 15) is 17.6 Å². The summed E-state index contributed by atoms with van der Waals surface area (Å²) in [7, 11) is -1.98. The highest BCUT2D eigenvalue weighted by Crippen LogP contribution is 2.26. The number of benzene rings is 2. The van der Waals surface area contributed by atoms with Crippen LogP contribution in [0.15, 0.2) is 53.4 Å². The van der Waals surface area contributed by atoms with Crippen molar-refractivity contribution in [3.8, 4) is 0 Å². The maximum absolute atomic E-state index is 13.8. The van der Waals surface area contributed by atoms with Crippen LogP contribution in [0.3, 0.4) is 0 Å². The molecule has 0 bridgehead atoms. The Morgan fingerprint density at radius 3 is 2.61 bits per heavy atom. The standard InChI is InChI=1S/C20H24FN3O3S/c1-14(24(2)16-10-11-16)13-22-20(25)15-6-5-7-17(12-15)28(26,27)23-19-9-4-3-8-18(19)21/h3-9,12,14,16,23H,10-11,13H2,1-2H3,(H,22,25). The molecular weight excluding hydrogens is 381 g/mol. The molecule has 1 aliphatic carbocycles. The van der Waals surface area contributed by atoms with E-state index >= 15 is 0 Å². The van der Waals surface area contributed by atoms with Crippen molar-refractivity contribution >= 4 is 21.6 Å². The van der Waals surface area contributed by atoms with Crippen LogP contribution < -0.4 is 10.0 Å². The zero-order valence-electron chi connectivity index (χ0n) is 15.9. The minimum atomic E-state index is -4.02. The molecule has 6 nitrogen and oxygen atoms in total. The number of amides is 1. The van der Waals surface area contributed by atoms with Crippen LogP contribution in [0.1, 0.15) is 30.1 Å². The van der Waals surface area contributed by atoms with Crippen LogP contribution in [-0.4, -0.2) is 44.9 Å². The third-order valence-corrected chi connectivity index (χ3v) is 6.26. The molecule has 1 fully saturated rings. The van der Waals surface area contributed by atoms with Gasteiger partial charge in [0.05, 0.1) is 10.6 Å². The molecule has 1 atom stereocenters. The minimum Gasteiger partial charge on any atom is -0.350 e. The van der Waals surface area contributed by atoms with Crippen LogP contribution in [0, 0.1) is 5.82 Å². The molecule has 3 rings (SSSR count). The van der Waals surface area contributed by atoms with E-state index in [2.05, 4.69) is 14.9 Å². The second-order valence-corrected chi connectivity index (χ2v) is 8.75. The van der Waals surface area contributed by atoms with Gasteiger partial charge in [-0.1, -0.05) is 18.2 Å². The Kier molecular flexibility index (Phi) is 6.00. The Morgan fingerprint density at radius 2 is 1.93 bits per heavy atom. The van der Waals surface area contributed by atoms with Crippen molar-refractivity contribution in [3.63, 3.8) is 0 Å². The first-order valence-corrected chi connectivity index (χ1v) is 10.6. The van der Waals surface area contributed by atoms with Gasteiger partial charge in [0.15, 0.2) is 0 Å². The fourth-order valence-corrected chi connectivity index (χ4v) is 3.99. The topological polar surface area (TPSA) is 78.5 Å². The maximum atomic E-state index is 13.8. The van der Waals surface area contributed by atoms with Crippen LogP contribution >= 0.6 is 0 Å². The highest BCUT2D eigenvalue weighted by molar-refractivity contribution is 7.92. The van der Waals surface area contributed by atoms with Gasteiger partial charge in [-0.3, -0.25) is 14.4 Å². The first-order valence-electron chi connectivity index (χ1n) is 9.15. The van der Waals surface area contributed by atoms with Crippen LogP contribution in [-0.2, 0) is 10.0 Å². The van der Waals surface area contributed by atoms with Gasteiger partial charge in [-0.2, -0.15) is 0 Å². The third kappa shape index (κ3) is 4.88. The van der Waals surface area contributed by atoms with E-state index < -0.39 is 15.8 Å². The maximum Gasteiger partial charge on any atom is 0.262 e. The molecule has 0 aliphatic heterocycles. The lowest BCUT2D eigenvalue weighted by atomic mass is 10.2. The molecular formula is C20H24FN3O3S. The van der Waals surface area contributed by atoms with E-state index in [1.54, 1.807) is 6.07 Å². The predicted octanol–water partition coefficient (Wildman–Crippen LogP) is 2.84. The second kappa shape index (κ2) is 8.28. The Hall–Kier alpha value is -2.45. The normalized spacial score (nSPS) is 15.3. The number of nitrogens with one attached hydrogen (secondary N) is 2. The van der Waals surface area contributed by atoms with E-state index in [1.165, 1.54) is 55.3 Å². The average Bonchev–Trinajstić information content (AvgIpc) is 3.52. The smallest absolute Gasteiger partial charge is 0.262 e. The third-order valence-electron chi connectivity index (χ3n) is 4.90. The van der Waals surface area contributed by atoms with E-state index in [-0.39, 0.29) is 28.1 Å². The van der Waals surface area contributed by atoms with Crippen molar-refractivity contribution in [2.24, 2.45) is 0 Å². The molecule has 28 heavy (non-hydrogen) atoms. The minimum absolute atomic E-state index is 0.105. The zero-order valence-corrected chi connectivity index (χ0v) is 16.7. The van der Waals surface area contributed by atoms with E-state index in [4.69, 9.17) is 0 Å². The molecule has 0 aromatic heterocycles. The highest BCUT2D eigenvalue weighted by atomic mass is 32.2. The number of para-hydroxylation sites is 1. The lowest BCUT2D eigenvalue weighted by Gasteiger charge is -2.24. The first kappa shape index (κ1) is 20.3. The van der Waals surface area contributed by atoms with Gasteiger partial charge in [0.2, 0.25) is 0 Å². The highest BCUT2D eigenvalue weighted by Gasteiger charge is 2.29. The summed E-state index contributed by atoms with van der Waals surface area (Å²) in [4.78, 5) is 14.6. The number of halogens is 1. The van der Waals surface area contributed by atoms with Crippen molar-refractivity contribution in [1.82, 2.24) is 10.2 Å². The van der Waals surface area contributed by atoms with Crippen molar-refractivity contribution < 1.29 is 17.6 Å². The molecule has 1 aliphatic rings. The summed E-state index contributed by atoms with van der Waals surface area (Å²) in [5.74, 6) is -1.02. The van der Waals surface area contributed by atoms with E-state index in [0.29, 0.717) is 12.6 Å². The Morgan fingerprint density at radius 1 is 1.21 bits per heavy atom. The number of likely N-dealkylation sites (N-methyl/N-ethyl adjacent to an activating group) is 1. The van der Waals surface area contributed by atoms with Crippen molar-refractivity contribution in [1.29, 1.82) is 0 Å². The van der Waals surface area contributed by atoms with E-state index in [0.717, 1.165) is 0 Å². The predicted molar refractivity (Wildman–Crippen MR) is 106 cm³/mol. The van der Waals surface area contributed by atoms with Gasteiger partial charge >= 0.3 is 0 Å². The molecule has 1 unspecified atom stereocenters. The zero-order chi connectivity index (χ0) is 20.3. The summed E-state index contributed by atoms with van der Waals surface area (Å²) in [6.45, 7) is 2.51. The van der Waals surface area contributed by atoms with Gasteiger partial charge in [0.25, 0.3) is 15.9 Å². The summed E-state index contributed by atoms with van der Waals surface area (Å²) in [6, 6.07) is 12.0. The number of hydrogen-bond donors (Lipinski definition) is 2. The van der Waals surface area contributed by atoms with Gasteiger partial charge in [0, 0.05) is 24.2 Å². The number of anilines is 1. The largest absolute Gasteiger partial charge is 0.350 e. The van der Waals surface area contributed by atoms with Gasteiger partial charge in [-0.15, -0.1) is 0 Å². The summed E-state index contributed by atoms with van der Waals surface area (Å²) in [5, 5.41) is 2.84. The second-order valence-electron chi connectivity index (χ2n) is 7.07. The summed E-state index contributed by atoms with van der Waals surface area (Å²) < 4.78 is 41.1. The van der Waals surface area contributed by atoms with Crippen molar-refractivity contribution in [2.45, 2.75) is 36.7 Å². The number of carbonyl (C=O) groups is 1. The van der Waals surface area contributed by atoms with E-state index in [1.807, 2.05) is 14.0 Å². The molecule has 0 radical (unpaired) electrons. The molecule has 0 saturated heterocycles. The average molecular weight is 405 g/mol. The summed E-state index contributed by atoms with van der Waals surface area (Å²) >= 11 is 0. The monoisotopic (exact) mass is 405 g/mol. The number of nitrogens with zero attached hydrogens (tertiary/aromatic N) is 1. The quantitative estimate of drug-likeness (QED) is 0.708. The fraction of sp³-hybridized carbons (Fsp3) is 0.350. The molecule has 0 heterocycles. The van der Waals surface area contributed by atoms with Gasteiger partial charge < -0.3 is 5.32 Å². The van der Waals surface area contributed by atoms with Crippen LogP contribution in [0.4, 0.5) is 10.1 Å². The Balaban J connectivity index is 1.68. The Labute approximate surface area is 164 Å². The SMILES string of the molecule is CC(CNC(=O)c1cccc(S(=O)(=O)Nc2ccccc2F)c1)N(C)C1CC1. The molecule has 2 aromatic rings. The molecule has 1 amide bonds. The van der Waals surface area contributed by atoms with Gasteiger partial charge in [-0.25, -0.2) is 12.8 Å². The van der Waals surface area contributed by atoms with Gasteiger partial charge in [0.1, 0.15) is 5.82 Å². The molecule has 2 aromatic carbocycles. The number of carbonyl (C=O) groups excluding carboxylic acids is 1. The van der Waals surface area contributed by atoms with Crippen molar-refractivity contribution in [3.05, 3.63) is 59.9 Å². The lowest BCUT2D eigenvalue weighted by molar-refractivity contribution is 0.0939. The molecule has 150 valence electrons. The first-order chi connectivity index (χ1) is 13.3. The van der Waals surface area contributed by atoms with Gasteiger partial charge in [-0.05, 0) is 57.1 Å². The molecule has 2 N–H and O–H groups in total. The van der Waals surface area contributed by atoms with Crippen molar-refractivity contribution in [2.75, 3.05) is 18.3 Å². The molecule has 8 heteroatoms. The molecule has 1 saturated carbocycles. The lowest BCUT2D eigenvalue weighted by Crippen LogP contribution is -2.41. The fourth-order valence-electron chi connectivity index (χ4n) is 2.88.